The average molecular weight is 343 g/mol. The van der Waals surface area contributed by atoms with Gasteiger partial charge >= 0.3 is 0 Å². The Labute approximate surface area is 144 Å². The first kappa shape index (κ1) is 19.3. The van der Waals surface area contributed by atoms with Crippen LogP contribution in [0, 0.1) is 5.92 Å². The molecule has 1 saturated heterocycles. The molecule has 1 N–H and O–H groups in total. The highest BCUT2D eigenvalue weighted by atomic mass is 35.5. The largest absolute Gasteiger partial charge is 0.339 e. The van der Waals surface area contributed by atoms with E-state index < -0.39 is 0 Å². The Hall–Kier alpha value is -0.710. The van der Waals surface area contributed by atoms with Crippen LogP contribution in [-0.2, 0) is 10.5 Å². The van der Waals surface area contributed by atoms with Crippen LogP contribution in [0.1, 0.15) is 26.3 Å². The first-order chi connectivity index (χ1) is 10.1. The molecule has 1 amide bonds. The van der Waals surface area contributed by atoms with Gasteiger partial charge in [0, 0.05) is 31.4 Å². The summed E-state index contributed by atoms with van der Waals surface area (Å²) in [6, 6.07) is 10.8. The van der Waals surface area contributed by atoms with Crippen molar-refractivity contribution in [2.75, 3.05) is 19.6 Å². The number of carbonyl (C=O) groups excluding carboxylic acids is 1. The Kier molecular flexibility index (Phi) is 8.29. The maximum Gasteiger partial charge on any atom is 0.236 e. The predicted octanol–water partition coefficient (Wildman–Crippen LogP) is 3.19. The van der Waals surface area contributed by atoms with Gasteiger partial charge in [-0.15, -0.1) is 24.2 Å². The van der Waals surface area contributed by atoms with Gasteiger partial charge in [0.15, 0.2) is 0 Å². The molecular formula is C17H27ClN2OS. The van der Waals surface area contributed by atoms with Gasteiger partial charge in [0.05, 0.1) is 5.25 Å². The van der Waals surface area contributed by atoms with Crippen molar-refractivity contribution in [2.45, 2.75) is 37.8 Å². The molecule has 2 atom stereocenters. The second-order valence-electron chi connectivity index (χ2n) is 6.10. The molecule has 3 nitrogen and oxygen atoms in total. The fourth-order valence-electron chi connectivity index (χ4n) is 2.62. The zero-order valence-electron chi connectivity index (χ0n) is 13.6. The number of nitrogens with zero attached hydrogens (tertiary/aromatic N) is 1. The van der Waals surface area contributed by atoms with Crippen LogP contribution in [0.4, 0.5) is 0 Å². The molecule has 1 aromatic carbocycles. The quantitative estimate of drug-likeness (QED) is 0.892. The van der Waals surface area contributed by atoms with Crippen molar-refractivity contribution >= 4 is 30.1 Å². The lowest BCUT2D eigenvalue weighted by Gasteiger charge is -2.35. The summed E-state index contributed by atoms with van der Waals surface area (Å²) >= 11 is 1.77. The van der Waals surface area contributed by atoms with Gasteiger partial charge in [-0.3, -0.25) is 4.79 Å². The third-order valence-electron chi connectivity index (χ3n) is 3.80. The second kappa shape index (κ2) is 9.43. The highest BCUT2D eigenvalue weighted by molar-refractivity contribution is 7.99. The average Bonchev–Trinajstić information content (AvgIpc) is 2.48. The molecule has 1 aliphatic rings. The minimum Gasteiger partial charge on any atom is -0.339 e. The van der Waals surface area contributed by atoms with Crippen molar-refractivity contribution in [1.29, 1.82) is 0 Å². The Morgan fingerprint density at radius 2 is 2.05 bits per heavy atom. The summed E-state index contributed by atoms with van der Waals surface area (Å²) in [5.74, 6) is 1.56. The lowest BCUT2D eigenvalue weighted by molar-refractivity contribution is -0.132. The van der Waals surface area contributed by atoms with Gasteiger partial charge in [-0.05, 0) is 18.4 Å². The van der Waals surface area contributed by atoms with E-state index in [0.717, 1.165) is 25.4 Å². The number of piperazine rings is 1. The molecule has 0 aromatic heterocycles. The summed E-state index contributed by atoms with van der Waals surface area (Å²) in [5, 5.41) is 3.44. The molecule has 124 valence electrons. The number of thioether (sulfide) groups is 1. The molecule has 0 spiro atoms. The predicted molar refractivity (Wildman–Crippen MR) is 97.7 cm³/mol. The molecule has 1 fully saturated rings. The third kappa shape index (κ3) is 5.49. The lowest BCUT2D eigenvalue weighted by Crippen LogP contribution is -2.54. The Morgan fingerprint density at radius 1 is 1.36 bits per heavy atom. The number of hydrogen-bond acceptors (Lipinski definition) is 3. The molecule has 22 heavy (non-hydrogen) atoms. The van der Waals surface area contributed by atoms with Gasteiger partial charge in [0.1, 0.15) is 0 Å². The third-order valence-corrected chi connectivity index (χ3v) is 5.41. The Morgan fingerprint density at radius 3 is 2.64 bits per heavy atom. The Balaban J connectivity index is 0.00000242. The van der Waals surface area contributed by atoms with Crippen LogP contribution in [0.3, 0.4) is 0 Å². The molecular weight excluding hydrogens is 316 g/mol. The number of nitrogens with one attached hydrogen (secondary N) is 1. The molecule has 0 saturated carbocycles. The summed E-state index contributed by atoms with van der Waals surface area (Å²) in [4.78, 5) is 14.8. The van der Waals surface area contributed by atoms with E-state index >= 15 is 0 Å². The molecule has 0 aliphatic carbocycles. The monoisotopic (exact) mass is 342 g/mol. The first-order valence-electron chi connectivity index (χ1n) is 7.75. The van der Waals surface area contributed by atoms with Crippen LogP contribution in [0.25, 0.3) is 0 Å². The van der Waals surface area contributed by atoms with Gasteiger partial charge in [0.25, 0.3) is 0 Å². The summed E-state index contributed by atoms with van der Waals surface area (Å²) in [6.07, 6.45) is 0. The number of amides is 1. The fourth-order valence-corrected chi connectivity index (χ4v) is 3.86. The number of hydrogen-bond donors (Lipinski definition) is 1. The maximum absolute atomic E-state index is 12.8. The molecule has 0 radical (unpaired) electrons. The SMILES string of the molecule is CC1CN(C(=O)C(SCc2ccccc2)C(C)C)CCN1.Cl. The number of rotatable bonds is 5. The van der Waals surface area contributed by atoms with E-state index in [4.69, 9.17) is 0 Å². The second-order valence-corrected chi connectivity index (χ2v) is 7.23. The van der Waals surface area contributed by atoms with Crippen LogP contribution in [0.15, 0.2) is 30.3 Å². The standard InChI is InChI=1S/C17H26N2OS.ClH/c1-13(2)16(21-12-15-7-5-4-6-8-15)17(20)19-10-9-18-14(3)11-19;/h4-8,13-14,16,18H,9-12H2,1-3H3;1H. The van der Waals surface area contributed by atoms with Crippen molar-refractivity contribution in [3.05, 3.63) is 35.9 Å². The topological polar surface area (TPSA) is 32.3 Å². The first-order valence-corrected chi connectivity index (χ1v) is 8.80. The zero-order valence-corrected chi connectivity index (χ0v) is 15.3. The highest BCUT2D eigenvalue weighted by Crippen LogP contribution is 2.26. The smallest absolute Gasteiger partial charge is 0.236 e. The van der Waals surface area contributed by atoms with Crippen LogP contribution >= 0.6 is 24.2 Å². The molecule has 0 bridgehead atoms. The van der Waals surface area contributed by atoms with Crippen LogP contribution in [-0.4, -0.2) is 41.7 Å². The zero-order chi connectivity index (χ0) is 15.2. The van der Waals surface area contributed by atoms with E-state index in [0.29, 0.717) is 17.9 Å². The van der Waals surface area contributed by atoms with Crippen LogP contribution in [0.5, 0.6) is 0 Å². The number of halogens is 1. The summed E-state index contributed by atoms with van der Waals surface area (Å²) in [7, 11) is 0. The summed E-state index contributed by atoms with van der Waals surface area (Å²) in [5.41, 5.74) is 1.29. The van der Waals surface area contributed by atoms with Crippen LogP contribution < -0.4 is 5.32 Å². The normalized spacial score (nSPS) is 19.6. The Bertz CT molecular complexity index is 455. The summed E-state index contributed by atoms with van der Waals surface area (Å²) < 4.78 is 0. The fraction of sp³-hybridized carbons (Fsp3) is 0.588. The highest BCUT2D eigenvalue weighted by Gasteiger charge is 2.29. The lowest BCUT2D eigenvalue weighted by atomic mass is 10.1. The van der Waals surface area contributed by atoms with Crippen molar-refractivity contribution < 1.29 is 4.79 Å². The minimum absolute atomic E-state index is 0. The number of carbonyl (C=O) groups is 1. The van der Waals surface area contributed by atoms with Crippen LogP contribution in [0.2, 0.25) is 0 Å². The van der Waals surface area contributed by atoms with E-state index in [-0.39, 0.29) is 17.7 Å². The van der Waals surface area contributed by atoms with Gasteiger partial charge in [-0.2, -0.15) is 0 Å². The maximum atomic E-state index is 12.8. The van der Waals surface area contributed by atoms with E-state index in [1.165, 1.54) is 5.56 Å². The van der Waals surface area contributed by atoms with Crippen molar-refractivity contribution in [3.63, 3.8) is 0 Å². The molecule has 1 heterocycles. The van der Waals surface area contributed by atoms with Gasteiger partial charge in [-0.1, -0.05) is 44.2 Å². The minimum atomic E-state index is 0. The van der Waals surface area contributed by atoms with Crippen molar-refractivity contribution in [3.8, 4) is 0 Å². The molecule has 1 aromatic rings. The van der Waals surface area contributed by atoms with Crippen molar-refractivity contribution in [1.82, 2.24) is 10.2 Å². The van der Waals surface area contributed by atoms with Gasteiger partial charge in [0.2, 0.25) is 5.91 Å². The van der Waals surface area contributed by atoms with Gasteiger partial charge in [-0.25, -0.2) is 0 Å². The van der Waals surface area contributed by atoms with E-state index in [2.05, 4.69) is 50.4 Å². The van der Waals surface area contributed by atoms with E-state index in [1.54, 1.807) is 11.8 Å². The molecule has 1 aliphatic heterocycles. The van der Waals surface area contributed by atoms with Gasteiger partial charge < -0.3 is 10.2 Å². The molecule has 2 rings (SSSR count). The molecule has 2 unspecified atom stereocenters. The van der Waals surface area contributed by atoms with E-state index in [1.807, 2.05) is 11.0 Å². The van der Waals surface area contributed by atoms with E-state index in [9.17, 15) is 4.79 Å². The summed E-state index contributed by atoms with van der Waals surface area (Å²) in [6.45, 7) is 8.99. The number of benzene rings is 1. The van der Waals surface area contributed by atoms with Crippen molar-refractivity contribution in [2.24, 2.45) is 5.92 Å². The molecule has 5 heteroatoms.